The summed E-state index contributed by atoms with van der Waals surface area (Å²) < 4.78 is 37.5. The van der Waals surface area contributed by atoms with Gasteiger partial charge in [0.1, 0.15) is 5.75 Å². The highest BCUT2D eigenvalue weighted by Crippen LogP contribution is 2.27. The Hall–Kier alpha value is -2.58. The van der Waals surface area contributed by atoms with Crippen LogP contribution in [0.1, 0.15) is 29.3 Å². The lowest BCUT2D eigenvalue weighted by Gasteiger charge is -2.22. The van der Waals surface area contributed by atoms with Gasteiger partial charge < -0.3 is 14.8 Å². The average Bonchev–Trinajstić information content (AvgIpc) is 2.73. The first kappa shape index (κ1) is 22.7. The summed E-state index contributed by atoms with van der Waals surface area (Å²) in [6.45, 7) is 5.44. The largest absolute Gasteiger partial charge is 0.497 e. The Balaban J connectivity index is 2.20. The van der Waals surface area contributed by atoms with Crippen LogP contribution in [0.4, 0.5) is 5.69 Å². The van der Waals surface area contributed by atoms with Crippen molar-refractivity contribution in [2.24, 2.45) is 0 Å². The van der Waals surface area contributed by atoms with E-state index in [1.54, 1.807) is 37.3 Å². The van der Waals surface area contributed by atoms with E-state index in [2.05, 4.69) is 5.32 Å². The number of amides is 1. The number of carbonyl (C=O) groups excluding carboxylic acids is 1. The van der Waals surface area contributed by atoms with Gasteiger partial charge in [-0.3, -0.25) is 9.10 Å². The molecule has 0 aliphatic rings. The van der Waals surface area contributed by atoms with E-state index >= 15 is 0 Å². The van der Waals surface area contributed by atoms with Crippen LogP contribution in [-0.4, -0.2) is 48.2 Å². The first-order chi connectivity index (χ1) is 13.8. The third kappa shape index (κ3) is 5.71. The summed E-state index contributed by atoms with van der Waals surface area (Å²) in [6, 6.07) is 11.2. The third-order valence-corrected chi connectivity index (χ3v) is 6.27. The average molecular weight is 421 g/mol. The minimum Gasteiger partial charge on any atom is -0.497 e. The van der Waals surface area contributed by atoms with Crippen molar-refractivity contribution in [3.63, 3.8) is 0 Å². The lowest BCUT2D eigenvalue weighted by atomic mass is 10.1. The smallest absolute Gasteiger partial charge is 0.264 e. The quantitative estimate of drug-likeness (QED) is 0.598. The zero-order chi connectivity index (χ0) is 21.4. The molecule has 158 valence electrons. The van der Waals surface area contributed by atoms with E-state index in [1.165, 1.54) is 30.6 Å². The number of hydrogen-bond acceptors (Lipinski definition) is 5. The Bertz CT molecular complexity index is 927. The minimum absolute atomic E-state index is 0.144. The summed E-state index contributed by atoms with van der Waals surface area (Å²) in [7, 11) is -0.782. The number of rotatable bonds is 10. The van der Waals surface area contributed by atoms with Crippen LogP contribution in [0, 0.1) is 6.92 Å². The third-order valence-electron chi connectivity index (χ3n) is 4.48. The molecule has 2 aromatic carbocycles. The van der Waals surface area contributed by atoms with Gasteiger partial charge in [-0.1, -0.05) is 6.07 Å². The number of nitrogens with zero attached hydrogens (tertiary/aromatic N) is 1. The number of sulfonamides is 1. The van der Waals surface area contributed by atoms with E-state index < -0.39 is 10.0 Å². The fraction of sp³-hybridized carbons (Fsp3) is 0.381. The Kier molecular flexibility index (Phi) is 8.04. The van der Waals surface area contributed by atoms with Gasteiger partial charge in [0.15, 0.2) is 0 Å². The Morgan fingerprint density at radius 1 is 1.14 bits per heavy atom. The van der Waals surface area contributed by atoms with Crippen LogP contribution in [-0.2, 0) is 14.8 Å². The van der Waals surface area contributed by atoms with Gasteiger partial charge in [0.25, 0.3) is 15.9 Å². The van der Waals surface area contributed by atoms with Crippen molar-refractivity contribution in [2.45, 2.75) is 25.2 Å². The van der Waals surface area contributed by atoms with Crippen molar-refractivity contribution in [1.29, 1.82) is 0 Å². The van der Waals surface area contributed by atoms with Gasteiger partial charge in [-0.25, -0.2) is 8.42 Å². The molecule has 0 aromatic heterocycles. The molecule has 1 amide bonds. The summed E-state index contributed by atoms with van der Waals surface area (Å²) in [5.41, 5.74) is 1.60. The zero-order valence-corrected chi connectivity index (χ0v) is 18.1. The van der Waals surface area contributed by atoms with Crippen molar-refractivity contribution in [2.75, 3.05) is 38.2 Å². The van der Waals surface area contributed by atoms with Gasteiger partial charge in [-0.2, -0.15) is 0 Å². The molecule has 0 radical (unpaired) electrons. The zero-order valence-electron chi connectivity index (χ0n) is 17.3. The summed E-state index contributed by atoms with van der Waals surface area (Å²) in [6.07, 6.45) is 0.712. The highest BCUT2D eigenvalue weighted by Gasteiger charge is 2.23. The van der Waals surface area contributed by atoms with Crippen LogP contribution < -0.4 is 14.4 Å². The van der Waals surface area contributed by atoms with Gasteiger partial charge in [-0.15, -0.1) is 0 Å². The fourth-order valence-corrected chi connectivity index (χ4v) is 4.00. The van der Waals surface area contributed by atoms with Crippen LogP contribution in [0.2, 0.25) is 0 Å². The second-order valence-corrected chi connectivity index (χ2v) is 8.42. The van der Waals surface area contributed by atoms with Crippen molar-refractivity contribution >= 4 is 21.6 Å². The van der Waals surface area contributed by atoms with Crippen molar-refractivity contribution in [3.8, 4) is 5.75 Å². The summed E-state index contributed by atoms with van der Waals surface area (Å²) in [5.74, 6) is 0.323. The van der Waals surface area contributed by atoms with Gasteiger partial charge in [0, 0.05) is 32.4 Å². The molecule has 29 heavy (non-hydrogen) atoms. The molecule has 0 unspecified atom stereocenters. The molecule has 0 atom stereocenters. The predicted octanol–water partition coefficient (Wildman–Crippen LogP) is 2.99. The maximum absolute atomic E-state index is 13.0. The molecule has 0 spiro atoms. The maximum atomic E-state index is 13.0. The number of ether oxygens (including phenoxy) is 2. The molecule has 2 rings (SSSR count). The normalized spacial score (nSPS) is 11.2. The van der Waals surface area contributed by atoms with E-state index in [9.17, 15) is 13.2 Å². The molecule has 1 N–H and O–H groups in total. The molecule has 8 heteroatoms. The van der Waals surface area contributed by atoms with Gasteiger partial charge in [0.2, 0.25) is 0 Å². The number of methoxy groups -OCH3 is 1. The lowest BCUT2D eigenvalue weighted by Crippen LogP contribution is -2.29. The summed E-state index contributed by atoms with van der Waals surface area (Å²) in [4.78, 5) is 12.6. The van der Waals surface area contributed by atoms with E-state index in [0.717, 1.165) is 5.56 Å². The molecule has 0 aliphatic carbocycles. The Labute approximate surface area is 172 Å². The number of nitrogens with one attached hydrogen (secondary N) is 1. The second-order valence-electron chi connectivity index (χ2n) is 6.46. The fourth-order valence-electron chi connectivity index (χ4n) is 2.75. The number of carbonyl (C=O) groups is 1. The molecular formula is C21H28N2O5S. The first-order valence-electron chi connectivity index (χ1n) is 9.40. The van der Waals surface area contributed by atoms with Crippen LogP contribution >= 0.6 is 0 Å². The van der Waals surface area contributed by atoms with Crippen molar-refractivity contribution < 1.29 is 22.7 Å². The van der Waals surface area contributed by atoms with E-state index in [-0.39, 0.29) is 10.8 Å². The van der Waals surface area contributed by atoms with Gasteiger partial charge >= 0.3 is 0 Å². The number of benzene rings is 2. The van der Waals surface area contributed by atoms with Crippen LogP contribution in [0.25, 0.3) is 0 Å². The number of aryl methyl sites for hydroxylation is 1. The molecule has 0 bridgehead atoms. The molecule has 0 saturated heterocycles. The van der Waals surface area contributed by atoms with Gasteiger partial charge in [0.05, 0.1) is 17.7 Å². The standard InChI is InChI=1S/C21H28N2O5S/c1-5-28-14-6-13-22-21(24)17-8-7-16(2)20(15-17)23(3)29(25,26)19-11-9-18(27-4)10-12-19/h7-12,15H,5-6,13-14H2,1-4H3,(H,22,24). The summed E-state index contributed by atoms with van der Waals surface area (Å²) >= 11 is 0. The van der Waals surface area contributed by atoms with Gasteiger partial charge in [-0.05, 0) is 62.2 Å². The number of anilines is 1. The number of hydrogen-bond donors (Lipinski definition) is 1. The highest BCUT2D eigenvalue weighted by molar-refractivity contribution is 7.92. The Morgan fingerprint density at radius 3 is 2.45 bits per heavy atom. The topological polar surface area (TPSA) is 84.9 Å². The van der Waals surface area contributed by atoms with Crippen molar-refractivity contribution in [3.05, 3.63) is 53.6 Å². The maximum Gasteiger partial charge on any atom is 0.264 e. The van der Waals surface area contributed by atoms with E-state index in [0.29, 0.717) is 43.2 Å². The molecular weight excluding hydrogens is 392 g/mol. The molecule has 0 saturated carbocycles. The molecule has 0 fully saturated rings. The lowest BCUT2D eigenvalue weighted by molar-refractivity contribution is 0.0944. The monoisotopic (exact) mass is 420 g/mol. The molecule has 0 heterocycles. The molecule has 2 aromatic rings. The van der Waals surface area contributed by atoms with Crippen LogP contribution in [0.5, 0.6) is 5.75 Å². The van der Waals surface area contributed by atoms with Crippen LogP contribution in [0.3, 0.4) is 0 Å². The predicted molar refractivity (Wildman–Crippen MR) is 113 cm³/mol. The van der Waals surface area contributed by atoms with Crippen molar-refractivity contribution in [1.82, 2.24) is 5.32 Å². The van der Waals surface area contributed by atoms with Crippen LogP contribution in [0.15, 0.2) is 47.4 Å². The minimum atomic E-state index is -3.78. The molecule has 7 nitrogen and oxygen atoms in total. The summed E-state index contributed by atoms with van der Waals surface area (Å²) in [5, 5.41) is 2.83. The van der Waals surface area contributed by atoms with E-state index in [4.69, 9.17) is 9.47 Å². The van der Waals surface area contributed by atoms with E-state index in [1.807, 2.05) is 6.92 Å². The molecule has 0 aliphatic heterocycles. The SMILES string of the molecule is CCOCCCNC(=O)c1ccc(C)c(N(C)S(=O)(=O)c2ccc(OC)cc2)c1. The first-order valence-corrected chi connectivity index (χ1v) is 10.8. The Morgan fingerprint density at radius 2 is 1.83 bits per heavy atom. The highest BCUT2D eigenvalue weighted by atomic mass is 32.2. The second kappa shape index (κ2) is 10.3.